The smallest absolute Gasteiger partial charge is 0.0900 e. The van der Waals surface area contributed by atoms with Gasteiger partial charge in [-0.15, -0.1) is 0 Å². The van der Waals surface area contributed by atoms with E-state index in [-0.39, 0.29) is 5.60 Å². The molecule has 0 saturated carbocycles. The average molecular weight is 199 g/mol. The highest BCUT2D eigenvalue weighted by Gasteiger charge is 2.40. The Balaban J connectivity index is 1.66. The van der Waals surface area contributed by atoms with Gasteiger partial charge < -0.3 is 9.84 Å². The Labute approximate surface area is 86.0 Å². The number of ether oxygens (including phenoxy) is 1. The van der Waals surface area contributed by atoms with Gasteiger partial charge in [0, 0.05) is 26.2 Å². The molecule has 0 aromatic heterocycles. The Kier molecular flexibility index (Phi) is 3.10. The lowest BCUT2D eigenvalue weighted by atomic mass is 9.88. The Morgan fingerprint density at radius 1 is 1.50 bits per heavy atom. The van der Waals surface area contributed by atoms with E-state index in [1.807, 2.05) is 0 Å². The molecule has 1 N–H and O–H groups in total. The maximum atomic E-state index is 9.98. The van der Waals surface area contributed by atoms with Crippen LogP contribution in [-0.2, 0) is 4.74 Å². The van der Waals surface area contributed by atoms with Gasteiger partial charge in [-0.25, -0.2) is 0 Å². The molecule has 0 aromatic carbocycles. The van der Waals surface area contributed by atoms with Gasteiger partial charge in [-0.05, 0) is 18.8 Å². The lowest BCUT2D eigenvalue weighted by Gasteiger charge is -2.47. The van der Waals surface area contributed by atoms with Gasteiger partial charge in [-0.2, -0.15) is 0 Å². The standard InChI is InChI=1S/C11H21NO2/c1-2-4-11(13)8-12(9-11)6-10-3-5-14-7-10/h10,13H,2-9H2,1H3. The van der Waals surface area contributed by atoms with Crippen LogP contribution in [0.2, 0.25) is 0 Å². The minimum Gasteiger partial charge on any atom is -0.387 e. The van der Waals surface area contributed by atoms with Gasteiger partial charge in [-0.3, -0.25) is 4.90 Å². The van der Waals surface area contributed by atoms with Crippen molar-refractivity contribution in [2.24, 2.45) is 5.92 Å². The first-order valence-corrected chi connectivity index (χ1v) is 5.74. The second kappa shape index (κ2) is 4.17. The molecule has 0 aromatic rings. The van der Waals surface area contributed by atoms with Crippen LogP contribution in [0.1, 0.15) is 26.2 Å². The quantitative estimate of drug-likeness (QED) is 0.729. The van der Waals surface area contributed by atoms with Gasteiger partial charge in [0.25, 0.3) is 0 Å². The molecule has 82 valence electrons. The highest BCUT2D eigenvalue weighted by molar-refractivity contribution is 4.95. The molecule has 0 bridgehead atoms. The van der Waals surface area contributed by atoms with E-state index < -0.39 is 0 Å². The van der Waals surface area contributed by atoms with Crippen LogP contribution in [0, 0.1) is 5.92 Å². The number of nitrogens with zero attached hydrogens (tertiary/aromatic N) is 1. The van der Waals surface area contributed by atoms with E-state index in [1.165, 1.54) is 6.42 Å². The second-order valence-corrected chi connectivity index (χ2v) is 4.87. The number of hydrogen-bond acceptors (Lipinski definition) is 3. The van der Waals surface area contributed by atoms with E-state index in [1.54, 1.807) is 0 Å². The lowest BCUT2D eigenvalue weighted by molar-refractivity contribution is -0.107. The molecule has 2 rings (SSSR count). The van der Waals surface area contributed by atoms with Crippen LogP contribution in [-0.4, -0.2) is 48.5 Å². The molecule has 2 saturated heterocycles. The molecule has 14 heavy (non-hydrogen) atoms. The van der Waals surface area contributed by atoms with Crippen LogP contribution in [0.25, 0.3) is 0 Å². The Hall–Kier alpha value is -0.120. The number of rotatable bonds is 4. The van der Waals surface area contributed by atoms with Crippen LogP contribution in [0.5, 0.6) is 0 Å². The van der Waals surface area contributed by atoms with Gasteiger partial charge in [0.15, 0.2) is 0 Å². The van der Waals surface area contributed by atoms with Crippen molar-refractivity contribution in [3.05, 3.63) is 0 Å². The maximum Gasteiger partial charge on any atom is 0.0900 e. The third-order valence-corrected chi connectivity index (χ3v) is 3.29. The SMILES string of the molecule is CCCC1(O)CN(CC2CCOC2)C1. The Morgan fingerprint density at radius 2 is 2.29 bits per heavy atom. The van der Waals surface area contributed by atoms with Crippen LogP contribution < -0.4 is 0 Å². The van der Waals surface area contributed by atoms with Gasteiger partial charge in [0.1, 0.15) is 0 Å². The predicted octanol–water partition coefficient (Wildman–Crippen LogP) is 0.870. The van der Waals surface area contributed by atoms with Crippen molar-refractivity contribution in [3.8, 4) is 0 Å². The summed E-state index contributed by atoms with van der Waals surface area (Å²) in [4.78, 5) is 2.36. The van der Waals surface area contributed by atoms with Crippen molar-refractivity contribution in [2.75, 3.05) is 32.8 Å². The van der Waals surface area contributed by atoms with E-state index in [2.05, 4.69) is 11.8 Å². The molecule has 0 spiro atoms. The summed E-state index contributed by atoms with van der Waals surface area (Å²) >= 11 is 0. The highest BCUT2D eigenvalue weighted by Crippen LogP contribution is 2.27. The van der Waals surface area contributed by atoms with Crippen molar-refractivity contribution in [3.63, 3.8) is 0 Å². The molecule has 2 heterocycles. The summed E-state index contributed by atoms with van der Waals surface area (Å²) in [5.41, 5.74) is -0.367. The van der Waals surface area contributed by atoms with Crippen LogP contribution in [0.4, 0.5) is 0 Å². The minimum absolute atomic E-state index is 0.367. The summed E-state index contributed by atoms with van der Waals surface area (Å²) < 4.78 is 5.34. The first kappa shape index (κ1) is 10.4. The number of β-amino-alcohol motifs (C(OH)–C–C–N with tert-alkyl or cyclic N) is 1. The molecule has 3 nitrogen and oxygen atoms in total. The van der Waals surface area contributed by atoms with Crippen LogP contribution >= 0.6 is 0 Å². The fourth-order valence-electron chi connectivity index (χ4n) is 2.63. The van der Waals surface area contributed by atoms with E-state index >= 15 is 0 Å². The highest BCUT2D eigenvalue weighted by atomic mass is 16.5. The molecule has 1 atom stereocenters. The van der Waals surface area contributed by atoms with E-state index in [0.29, 0.717) is 5.92 Å². The van der Waals surface area contributed by atoms with Crippen molar-refractivity contribution < 1.29 is 9.84 Å². The monoisotopic (exact) mass is 199 g/mol. The topological polar surface area (TPSA) is 32.7 Å². The van der Waals surface area contributed by atoms with Crippen molar-refractivity contribution in [1.82, 2.24) is 4.90 Å². The summed E-state index contributed by atoms with van der Waals surface area (Å²) in [5, 5.41) is 9.98. The second-order valence-electron chi connectivity index (χ2n) is 4.87. The molecular formula is C11H21NO2. The summed E-state index contributed by atoms with van der Waals surface area (Å²) in [7, 11) is 0. The third-order valence-electron chi connectivity index (χ3n) is 3.29. The summed E-state index contributed by atoms with van der Waals surface area (Å²) in [6, 6.07) is 0. The van der Waals surface area contributed by atoms with E-state index in [0.717, 1.165) is 45.7 Å². The van der Waals surface area contributed by atoms with Gasteiger partial charge in [0.05, 0.1) is 12.2 Å². The summed E-state index contributed by atoms with van der Waals surface area (Å²) in [6.45, 7) is 6.84. The fraction of sp³-hybridized carbons (Fsp3) is 1.00. The van der Waals surface area contributed by atoms with Crippen LogP contribution in [0.15, 0.2) is 0 Å². The van der Waals surface area contributed by atoms with Crippen LogP contribution in [0.3, 0.4) is 0 Å². The van der Waals surface area contributed by atoms with Gasteiger partial charge in [-0.1, -0.05) is 13.3 Å². The zero-order valence-electron chi connectivity index (χ0n) is 9.04. The predicted molar refractivity (Wildman–Crippen MR) is 55.2 cm³/mol. The molecule has 2 aliphatic heterocycles. The molecule has 0 amide bonds. The first-order valence-electron chi connectivity index (χ1n) is 5.74. The number of likely N-dealkylation sites (tertiary alicyclic amines) is 1. The normalized spacial score (nSPS) is 31.7. The van der Waals surface area contributed by atoms with E-state index in [4.69, 9.17) is 4.74 Å². The molecule has 1 unspecified atom stereocenters. The van der Waals surface area contributed by atoms with Gasteiger partial charge >= 0.3 is 0 Å². The molecule has 0 aliphatic carbocycles. The molecule has 0 radical (unpaired) electrons. The molecule has 2 fully saturated rings. The number of aliphatic hydroxyl groups is 1. The largest absolute Gasteiger partial charge is 0.387 e. The molecule has 3 heteroatoms. The number of hydrogen-bond donors (Lipinski definition) is 1. The zero-order chi connectivity index (χ0) is 10.0. The minimum atomic E-state index is -0.367. The maximum absolute atomic E-state index is 9.98. The van der Waals surface area contributed by atoms with Crippen molar-refractivity contribution in [2.45, 2.75) is 31.8 Å². The Bertz CT molecular complexity index is 184. The van der Waals surface area contributed by atoms with Gasteiger partial charge in [0.2, 0.25) is 0 Å². The first-order chi connectivity index (χ1) is 6.72. The average Bonchev–Trinajstić information content (AvgIpc) is 2.54. The third kappa shape index (κ3) is 2.27. The summed E-state index contributed by atoms with van der Waals surface area (Å²) in [6.07, 6.45) is 3.23. The zero-order valence-corrected chi connectivity index (χ0v) is 9.04. The van der Waals surface area contributed by atoms with E-state index in [9.17, 15) is 5.11 Å². The Morgan fingerprint density at radius 3 is 2.86 bits per heavy atom. The van der Waals surface area contributed by atoms with Crippen molar-refractivity contribution in [1.29, 1.82) is 0 Å². The lowest BCUT2D eigenvalue weighted by Crippen LogP contribution is -2.62. The fourth-order valence-corrected chi connectivity index (χ4v) is 2.63. The molecule has 2 aliphatic rings. The molecular weight excluding hydrogens is 178 g/mol. The summed E-state index contributed by atoms with van der Waals surface area (Å²) in [5.74, 6) is 0.709. The van der Waals surface area contributed by atoms with Crippen molar-refractivity contribution >= 4 is 0 Å².